The van der Waals surface area contributed by atoms with E-state index in [1.165, 1.54) is 12.1 Å². The maximum Gasteiger partial charge on any atom is 0.240 e. The summed E-state index contributed by atoms with van der Waals surface area (Å²) in [5, 5.41) is 0. The van der Waals surface area contributed by atoms with Crippen LogP contribution in [0.15, 0.2) is 29.2 Å². The minimum Gasteiger partial charge on any atom is -0.369 e. The molecule has 1 amide bonds. The summed E-state index contributed by atoms with van der Waals surface area (Å²) in [6.45, 7) is 3.64. The molecule has 20 heavy (non-hydrogen) atoms. The lowest BCUT2D eigenvalue weighted by atomic mass is 9.93. The van der Waals surface area contributed by atoms with E-state index in [1.54, 1.807) is 26.0 Å². The summed E-state index contributed by atoms with van der Waals surface area (Å²) >= 11 is 0. The highest BCUT2D eigenvalue weighted by Crippen LogP contribution is 2.15. The molecule has 0 saturated carbocycles. The number of benzene rings is 1. The molecule has 6 nitrogen and oxygen atoms in total. The van der Waals surface area contributed by atoms with Crippen molar-refractivity contribution in [3.8, 4) is 0 Å². The standard InChI is InChI=1S/C13H21N3O3S/c1-13(2,12(15)17)9-16-20(18,19)11-5-3-10(4-6-11)7-8-14/h3-6,16H,7-9,14H2,1-2H3,(H2,15,17). The maximum atomic E-state index is 12.1. The van der Waals surface area contributed by atoms with E-state index in [1.807, 2.05) is 0 Å². The van der Waals surface area contributed by atoms with E-state index in [0.717, 1.165) is 5.56 Å². The zero-order valence-electron chi connectivity index (χ0n) is 11.7. The molecule has 7 heteroatoms. The van der Waals surface area contributed by atoms with E-state index >= 15 is 0 Å². The molecule has 0 heterocycles. The van der Waals surface area contributed by atoms with Gasteiger partial charge in [-0.3, -0.25) is 4.79 Å². The lowest BCUT2D eigenvalue weighted by Gasteiger charge is -2.20. The normalized spacial score (nSPS) is 12.3. The number of sulfonamides is 1. The third-order valence-corrected chi connectivity index (χ3v) is 4.45. The summed E-state index contributed by atoms with van der Waals surface area (Å²) in [6, 6.07) is 6.48. The number of carbonyl (C=O) groups excluding carboxylic acids is 1. The Kier molecular flexibility index (Phi) is 5.27. The van der Waals surface area contributed by atoms with Gasteiger partial charge in [-0.05, 0) is 44.5 Å². The molecule has 0 spiro atoms. The smallest absolute Gasteiger partial charge is 0.240 e. The van der Waals surface area contributed by atoms with Crippen LogP contribution in [0, 0.1) is 5.41 Å². The molecule has 1 rings (SSSR count). The fraction of sp³-hybridized carbons (Fsp3) is 0.462. The second kappa shape index (κ2) is 6.34. The lowest BCUT2D eigenvalue weighted by molar-refractivity contribution is -0.125. The van der Waals surface area contributed by atoms with E-state index in [4.69, 9.17) is 11.5 Å². The van der Waals surface area contributed by atoms with Crippen molar-refractivity contribution in [3.63, 3.8) is 0 Å². The molecule has 0 aromatic heterocycles. The van der Waals surface area contributed by atoms with Crippen LogP contribution in [0.3, 0.4) is 0 Å². The predicted molar refractivity (Wildman–Crippen MR) is 77.4 cm³/mol. The van der Waals surface area contributed by atoms with Crippen molar-refractivity contribution >= 4 is 15.9 Å². The second-order valence-electron chi connectivity index (χ2n) is 5.26. The van der Waals surface area contributed by atoms with Gasteiger partial charge in [0.1, 0.15) is 0 Å². The van der Waals surface area contributed by atoms with E-state index in [-0.39, 0.29) is 11.4 Å². The molecule has 1 aromatic carbocycles. The molecule has 0 atom stereocenters. The summed E-state index contributed by atoms with van der Waals surface area (Å²) in [6.07, 6.45) is 0.697. The Hall–Kier alpha value is -1.44. The van der Waals surface area contributed by atoms with Gasteiger partial charge in [-0.1, -0.05) is 12.1 Å². The van der Waals surface area contributed by atoms with Crippen LogP contribution in [0.1, 0.15) is 19.4 Å². The second-order valence-corrected chi connectivity index (χ2v) is 7.02. The number of hydrogen-bond acceptors (Lipinski definition) is 4. The summed E-state index contributed by atoms with van der Waals surface area (Å²) < 4.78 is 26.6. The number of primary amides is 1. The Morgan fingerprint density at radius 3 is 2.25 bits per heavy atom. The first-order valence-corrected chi connectivity index (χ1v) is 7.76. The maximum absolute atomic E-state index is 12.1. The quantitative estimate of drug-likeness (QED) is 0.656. The molecule has 112 valence electrons. The van der Waals surface area contributed by atoms with Crippen LogP contribution in [-0.4, -0.2) is 27.4 Å². The predicted octanol–water partition coefficient (Wildman–Crippen LogP) is -0.0224. The molecule has 0 bridgehead atoms. The summed E-state index contributed by atoms with van der Waals surface area (Å²) in [7, 11) is -3.65. The van der Waals surface area contributed by atoms with E-state index in [0.29, 0.717) is 13.0 Å². The molecule has 0 fully saturated rings. The summed E-state index contributed by atoms with van der Waals surface area (Å²) in [5.74, 6) is -0.557. The number of amides is 1. The molecule has 0 unspecified atom stereocenters. The zero-order valence-corrected chi connectivity index (χ0v) is 12.5. The van der Waals surface area contributed by atoms with Crippen LogP contribution < -0.4 is 16.2 Å². The molecular formula is C13H21N3O3S. The average Bonchev–Trinajstić information content (AvgIpc) is 2.38. The Morgan fingerprint density at radius 1 is 1.25 bits per heavy atom. The number of carbonyl (C=O) groups is 1. The van der Waals surface area contributed by atoms with Crippen LogP contribution in [0.5, 0.6) is 0 Å². The largest absolute Gasteiger partial charge is 0.369 e. The Labute approximate surface area is 119 Å². The number of nitrogens with one attached hydrogen (secondary N) is 1. The van der Waals surface area contributed by atoms with Crippen LogP contribution in [0.2, 0.25) is 0 Å². The van der Waals surface area contributed by atoms with Crippen molar-refractivity contribution in [2.75, 3.05) is 13.1 Å². The Bertz CT molecular complexity index is 565. The van der Waals surface area contributed by atoms with Gasteiger partial charge in [-0.15, -0.1) is 0 Å². The van der Waals surface area contributed by atoms with Crippen molar-refractivity contribution in [1.82, 2.24) is 4.72 Å². The van der Waals surface area contributed by atoms with E-state index in [9.17, 15) is 13.2 Å². The SMILES string of the molecule is CC(C)(CNS(=O)(=O)c1ccc(CCN)cc1)C(N)=O. The molecule has 0 aliphatic heterocycles. The van der Waals surface area contributed by atoms with E-state index in [2.05, 4.69) is 4.72 Å². The first-order valence-electron chi connectivity index (χ1n) is 6.27. The molecule has 0 aliphatic carbocycles. The van der Waals surface area contributed by atoms with Gasteiger partial charge in [0.2, 0.25) is 15.9 Å². The van der Waals surface area contributed by atoms with Crippen LogP contribution in [0.4, 0.5) is 0 Å². The van der Waals surface area contributed by atoms with Crippen LogP contribution in [0.25, 0.3) is 0 Å². The van der Waals surface area contributed by atoms with Crippen LogP contribution >= 0.6 is 0 Å². The van der Waals surface area contributed by atoms with Crippen molar-refractivity contribution in [2.45, 2.75) is 25.2 Å². The number of hydrogen-bond donors (Lipinski definition) is 3. The van der Waals surface area contributed by atoms with Gasteiger partial charge in [0.25, 0.3) is 0 Å². The van der Waals surface area contributed by atoms with E-state index < -0.39 is 21.3 Å². The zero-order chi connectivity index (χ0) is 15.4. The molecule has 0 radical (unpaired) electrons. The minimum absolute atomic E-state index is 0.0464. The van der Waals surface area contributed by atoms with Gasteiger partial charge < -0.3 is 11.5 Å². The van der Waals surface area contributed by atoms with Gasteiger partial charge >= 0.3 is 0 Å². The van der Waals surface area contributed by atoms with Gasteiger partial charge in [-0.25, -0.2) is 13.1 Å². The monoisotopic (exact) mass is 299 g/mol. The first kappa shape index (κ1) is 16.6. The van der Waals surface area contributed by atoms with Crippen LogP contribution in [-0.2, 0) is 21.2 Å². The fourth-order valence-electron chi connectivity index (χ4n) is 1.45. The first-order chi connectivity index (χ1) is 9.19. The highest BCUT2D eigenvalue weighted by Gasteiger charge is 2.27. The van der Waals surface area contributed by atoms with Crippen molar-refractivity contribution in [2.24, 2.45) is 16.9 Å². The minimum atomic E-state index is -3.65. The third-order valence-electron chi connectivity index (χ3n) is 3.04. The molecule has 5 N–H and O–H groups in total. The van der Waals surface area contributed by atoms with Gasteiger partial charge in [0.05, 0.1) is 10.3 Å². The Morgan fingerprint density at radius 2 is 1.80 bits per heavy atom. The summed E-state index contributed by atoms with van der Waals surface area (Å²) in [5.41, 5.74) is 10.7. The molecule has 0 saturated heterocycles. The topological polar surface area (TPSA) is 115 Å². The highest BCUT2D eigenvalue weighted by atomic mass is 32.2. The molecular weight excluding hydrogens is 278 g/mol. The average molecular weight is 299 g/mol. The number of rotatable bonds is 7. The highest BCUT2D eigenvalue weighted by molar-refractivity contribution is 7.89. The van der Waals surface area contributed by atoms with Crippen molar-refractivity contribution in [3.05, 3.63) is 29.8 Å². The molecule has 1 aromatic rings. The third kappa shape index (κ3) is 4.29. The van der Waals surface area contributed by atoms with Crippen molar-refractivity contribution < 1.29 is 13.2 Å². The Balaban J connectivity index is 2.81. The summed E-state index contributed by atoms with van der Waals surface area (Å²) in [4.78, 5) is 11.3. The van der Waals surface area contributed by atoms with Crippen molar-refractivity contribution in [1.29, 1.82) is 0 Å². The van der Waals surface area contributed by atoms with Gasteiger partial charge in [0, 0.05) is 6.54 Å². The molecule has 0 aliphatic rings. The van der Waals surface area contributed by atoms with Gasteiger partial charge in [0.15, 0.2) is 0 Å². The number of nitrogens with two attached hydrogens (primary N) is 2. The fourth-order valence-corrected chi connectivity index (χ4v) is 2.66. The van der Waals surface area contributed by atoms with Gasteiger partial charge in [-0.2, -0.15) is 0 Å². The lowest BCUT2D eigenvalue weighted by Crippen LogP contribution is -2.42.